The van der Waals surface area contributed by atoms with E-state index in [4.69, 9.17) is 10.5 Å². The number of carbonyl (C=O) groups is 1. The van der Waals surface area contributed by atoms with Crippen LogP contribution in [0.25, 0.3) is 16.3 Å². The molecule has 4 aromatic rings. The van der Waals surface area contributed by atoms with Crippen molar-refractivity contribution in [3.05, 3.63) is 70.4 Å². The molecule has 0 spiro atoms. The standard InChI is InChI=1S/C14H16N2O.C11H13N3O2.C2H6/c17-14-12-7-2-1-6-11(12)13(15-16-14)9-8-10-4-3-5-10;1-2-5-16-8-3-4-10-9(11(12)15)6-13-14(10)7-8;1-2/h1-2,6-7,10H,3-5,8-9H2,(H,16,17);3-4,6-7H,2,5H2,1H3,(H2,12,15);1-2H3. The van der Waals surface area contributed by atoms with E-state index in [0.717, 1.165) is 41.0 Å². The van der Waals surface area contributed by atoms with Crippen molar-refractivity contribution >= 4 is 22.2 Å². The molecule has 1 aromatic carbocycles. The molecule has 1 fully saturated rings. The Labute approximate surface area is 205 Å². The third-order valence-corrected chi connectivity index (χ3v) is 6.02. The van der Waals surface area contributed by atoms with Crippen LogP contribution in [-0.4, -0.2) is 32.3 Å². The van der Waals surface area contributed by atoms with E-state index in [0.29, 0.717) is 17.7 Å². The van der Waals surface area contributed by atoms with Crippen LogP contribution < -0.4 is 16.0 Å². The zero-order valence-corrected chi connectivity index (χ0v) is 20.8. The Kier molecular flexibility index (Phi) is 9.40. The van der Waals surface area contributed by atoms with Gasteiger partial charge in [0.1, 0.15) is 5.75 Å². The number of rotatable bonds is 7. The predicted molar refractivity (Wildman–Crippen MR) is 139 cm³/mol. The first-order valence-corrected chi connectivity index (χ1v) is 12.4. The SMILES string of the molecule is CC.CCCOc1ccc2c(C(N)=O)cnn2c1.O=c1[nH]nc(CCC2CCC2)c2ccccc12. The van der Waals surface area contributed by atoms with Crippen molar-refractivity contribution in [2.24, 2.45) is 11.7 Å². The van der Waals surface area contributed by atoms with E-state index in [1.54, 1.807) is 22.8 Å². The molecular weight excluding hydrogens is 442 g/mol. The number of H-pyrrole nitrogens is 1. The van der Waals surface area contributed by atoms with Crippen LogP contribution in [0.4, 0.5) is 0 Å². The lowest BCUT2D eigenvalue weighted by molar-refractivity contribution is 0.100. The maximum absolute atomic E-state index is 11.6. The number of ether oxygens (including phenoxy) is 1. The number of fused-ring (bicyclic) bond motifs is 2. The Morgan fingerprint density at radius 3 is 2.57 bits per heavy atom. The second-order valence-electron chi connectivity index (χ2n) is 8.35. The van der Waals surface area contributed by atoms with Gasteiger partial charge >= 0.3 is 0 Å². The number of nitrogens with two attached hydrogens (primary N) is 1. The van der Waals surface area contributed by atoms with E-state index in [9.17, 15) is 9.59 Å². The normalized spacial score (nSPS) is 12.8. The fourth-order valence-corrected chi connectivity index (χ4v) is 3.94. The molecule has 0 saturated heterocycles. The zero-order chi connectivity index (χ0) is 25.2. The predicted octanol–water partition coefficient (Wildman–Crippen LogP) is 4.90. The minimum atomic E-state index is -0.475. The molecule has 0 aliphatic heterocycles. The van der Waals surface area contributed by atoms with E-state index in [1.165, 1.54) is 31.9 Å². The van der Waals surface area contributed by atoms with E-state index in [2.05, 4.69) is 15.3 Å². The number of hydrogen-bond acceptors (Lipinski definition) is 5. The maximum atomic E-state index is 11.6. The molecule has 3 aromatic heterocycles. The number of aromatic nitrogens is 4. The Hall–Kier alpha value is -3.68. The number of nitrogens with one attached hydrogen (secondary N) is 1. The van der Waals surface area contributed by atoms with Gasteiger partial charge in [-0.3, -0.25) is 9.59 Å². The molecule has 0 bridgehead atoms. The third kappa shape index (κ3) is 6.47. The monoisotopic (exact) mass is 477 g/mol. The quantitative estimate of drug-likeness (QED) is 0.393. The van der Waals surface area contributed by atoms with Crippen LogP contribution in [0, 0.1) is 5.92 Å². The summed E-state index contributed by atoms with van der Waals surface area (Å²) in [5.74, 6) is 1.13. The molecule has 1 amide bonds. The molecule has 8 heteroatoms. The van der Waals surface area contributed by atoms with Crippen molar-refractivity contribution in [3.8, 4) is 5.75 Å². The van der Waals surface area contributed by atoms with Crippen LogP contribution in [0.5, 0.6) is 5.75 Å². The van der Waals surface area contributed by atoms with Crippen LogP contribution in [-0.2, 0) is 6.42 Å². The minimum absolute atomic E-state index is 0.0898. The van der Waals surface area contributed by atoms with E-state index in [-0.39, 0.29) is 5.56 Å². The summed E-state index contributed by atoms with van der Waals surface area (Å²) in [4.78, 5) is 22.7. The molecule has 8 nitrogen and oxygen atoms in total. The zero-order valence-electron chi connectivity index (χ0n) is 20.8. The molecule has 1 saturated carbocycles. The first-order valence-electron chi connectivity index (χ1n) is 12.4. The van der Waals surface area contributed by atoms with Crippen molar-refractivity contribution in [2.75, 3.05) is 6.61 Å². The summed E-state index contributed by atoms with van der Waals surface area (Å²) >= 11 is 0. The van der Waals surface area contributed by atoms with Gasteiger partial charge in [0.25, 0.3) is 11.5 Å². The first-order chi connectivity index (χ1) is 17.1. The fraction of sp³-hybridized carbons (Fsp3) is 0.407. The van der Waals surface area contributed by atoms with Gasteiger partial charge < -0.3 is 10.5 Å². The van der Waals surface area contributed by atoms with Crippen LogP contribution in [0.3, 0.4) is 0 Å². The van der Waals surface area contributed by atoms with Gasteiger partial charge in [0, 0.05) is 5.39 Å². The summed E-state index contributed by atoms with van der Waals surface area (Å²) in [7, 11) is 0. The molecule has 5 rings (SSSR count). The topological polar surface area (TPSA) is 115 Å². The highest BCUT2D eigenvalue weighted by atomic mass is 16.5. The van der Waals surface area contributed by atoms with Gasteiger partial charge in [-0.05, 0) is 43.4 Å². The van der Waals surface area contributed by atoms with Crippen molar-refractivity contribution < 1.29 is 9.53 Å². The summed E-state index contributed by atoms with van der Waals surface area (Å²) in [6.07, 6.45) is 10.4. The molecule has 0 radical (unpaired) electrons. The minimum Gasteiger partial charge on any atom is -0.492 e. The summed E-state index contributed by atoms with van der Waals surface area (Å²) in [6, 6.07) is 11.3. The van der Waals surface area contributed by atoms with Gasteiger partial charge in [-0.25, -0.2) is 9.61 Å². The molecule has 1 aliphatic rings. The molecule has 0 unspecified atom stereocenters. The fourth-order valence-electron chi connectivity index (χ4n) is 3.94. The molecule has 1 aliphatic carbocycles. The maximum Gasteiger partial charge on any atom is 0.272 e. The summed E-state index contributed by atoms with van der Waals surface area (Å²) in [5, 5.41) is 12.6. The molecule has 35 heavy (non-hydrogen) atoms. The lowest BCUT2D eigenvalue weighted by Crippen LogP contribution is -2.14. The van der Waals surface area contributed by atoms with Crippen LogP contribution in [0.15, 0.2) is 53.6 Å². The second-order valence-corrected chi connectivity index (χ2v) is 8.35. The molecular formula is C27H35N5O3. The number of amides is 1. The second kappa shape index (κ2) is 12.7. The van der Waals surface area contributed by atoms with Crippen LogP contribution in [0.1, 0.15) is 68.9 Å². The molecule has 0 atom stereocenters. The van der Waals surface area contributed by atoms with Gasteiger partial charge in [0.15, 0.2) is 0 Å². The van der Waals surface area contributed by atoms with Crippen molar-refractivity contribution in [3.63, 3.8) is 0 Å². The average Bonchev–Trinajstić information content (AvgIpc) is 3.29. The largest absolute Gasteiger partial charge is 0.492 e. The van der Waals surface area contributed by atoms with Crippen molar-refractivity contribution in [1.82, 2.24) is 19.8 Å². The number of primary amides is 1. The first kappa shape index (κ1) is 25.9. The van der Waals surface area contributed by atoms with Crippen LogP contribution in [0.2, 0.25) is 0 Å². The van der Waals surface area contributed by atoms with E-state index >= 15 is 0 Å². The molecule has 186 valence electrons. The third-order valence-electron chi connectivity index (χ3n) is 6.02. The number of pyridine rings is 1. The summed E-state index contributed by atoms with van der Waals surface area (Å²) in [6.45, 7) is 6.70. The summed E-state index contributed by atoms with van der Waals surface area (Å²) in [5.41, 5.74) is 7.27. The average molecular weight is 478 g/mol. The van der Waals surface area contributed by atoms with E-state index in [1.807, 2.05) is 45.0 Å². The highest BCUT2D eigenvalue weighted by Crippen LogP contribution is 2.30. The van der Waals surface area contributed by atoms with Gasteiger partial charge in [0.05, 0.1) is 41.2 Å². The summed E-state index contributed by atoms with van der Waals surface area (Å²) < 4.78 is 7.04. The Bertz CT molecular complexity index is 1310. The number of aromatic amines is 1. The number of nitrogens with zero attached hydrogens (tertiary/aromatic N) is 3. The molecule has 3 N–H and O–H groups in total. The molecule has 3 heterocycles. The van der Waals surface area contributed by atoms with E-state index < -0.39 is 5.91 Å². The Balaban J connectivity index is 0.000000183. The number of aryl methyl sites for hydroxylation is 1. The number of hydrogen-bond donors (Lipinski definition) is 2. The highest BCUT2D eigenvalue weighted by Gasteiger charge is 2.18. The lowest BCUT2D eigenvalue weighted by atomic mass is 9.81. The van der Waals surface area contributed by atoms with Crippen molar-refractivity contribution in [2.45, 2.75) is 59.3 Å². The van der Waals surface area contributed by atoms with Crippen molar-refractivity contribution in [1.29, 1.82) is 0 Å². The van der Waals surface area contributed by atoms with Gasteiger partial charge in [0.2, 0.25) is 0 Å². The van der Waals surface area contributed by atoms with Gasteiger partial charge in [-0.1, -0.05) is 58.2 Å². The van der Waals surface area contributed by atoms with Gasteiger partial charge in [-0.15, -0.1) is 0 Å². The number of benzene rings is 1. The smallest absolute Gasteiger partial charge is 0.272 e. The number of carbonyl (C=O) groups excluding carboxylic acids is 1. The lowest BCUT2D eigenvalue weighted by Gasteiger charge is -2.24. The van der Waals surface area contributed by atoms with Crippen LogP contribution >= 0.6 is 0 Å². The Morgan fingerprint density at radius 2 is 1.91 bits per heavy atom. The Morgan fingerprint density at radius 1 is 1.17 bits per heavy atom. The van der Waals surface area contributed by atoms with Gasteiger partial charge in [-0.2, -0.15) is 10.2 Å². The highest BCUT2D eigenvalue weighted by molar-refractivity contribution is 5.99.